The molecular weight excluding hydrogens is 236 g/mol. The number of aromatic nitrogens is 1. The summed E-state index contributed by atoms with van der Waals surface area (Å²) in [6.45, 7) is 4.19. The fourth-order valence-corrected chi connectivity index (χ4v) is 2.23. The van der Waals surface area contributed by atoms with Gasteiger partial charge in [-0.1, -0.05) is 31.2 Å². The van der Waals surface area contributed by atoms with E-state index in [1.54, 1.807) is 12.3 Å². The van der Waals surface area contributed by atoms with Crippen molar-refractivity contribution >= 4 is 0 Å². The molecule has 1 aromatic carbocycles. The Bertz CT molecular complexity index is 513. The molecule has 19 heavy (non-hydrogen) atoms. The molecule has 0 saturated carbocycles. The quantitative estimate of drug-likeness (QED) is 0.859. The molecular formula is C16H20N2O. The minimum Gasteiger partial charge on any atom is -0.508 e. The van der Waals surface area contributed by atoms with Gasteiger partial charge in [0, 0.05) is 23.8 Å². The van der Waals surface area contributed by atoms with Crippen LogP contribution in [0.2, 0.25) is 0 Å². The molecule has 1 heterocycles. The van der Waals surface area contributed by atoms with E-state index in [0.29, 0.717) is 5.75 Å². The molecule has 3 heteroatoms. The van der Waals surface area contributed by atoms with E-state index in [-0.39, 0.29) is 12.1 Å². The molecule has 1 unspecified atom stereocenters. The van der Waals surface area contributed by atoms with Crippen LogP contribution in [0.4, 0.5) is 0 Å². The zero-order chi connectivity index (χ0) is 13.7. The first kappa shape index (κ1) is 13.6. The molecule has 3 nitrogen and oxygen atoms in total. The van der Waals surface area contributed by atoms with Crippen molar-refractivity contribution in [1.29, 1.82) is 0 Å². The van der Waals surface area contributed by atoms with Crippen molar-refractivity contribution in [2.24, 2.45) is 0 Å². The number of phenolic OH excluding ortho intramolecular Hbond substituents is 1. The number of para-hydroxylation sites is 1. The molecule has 0 radical (unpaired) electrons. The van der Waals surface area contributed by atoms with Gasteiger partial charge in [-0.25, -0.2) is 0 Å². The molecule has 0 bridgehead atoms. The number of nitrogens with one attached hydrogen (secondary N) is 1. The maximum Gasteiger partial charge on any atom is 0.120 e. The van der Waals surface area contributed by atoms with Crippen LogP contribution in [0.25, 0.3) is 0 Å². The summed E-state index contributed by atoms with van der Waals surface area (Å²) < 4.78 is 0. The number of phenols is 1. The van der Waals surface area contributed by atoms with Crippen LogP contribution in [0.5, 0.6) is 5.75 Å². The van der Waals surface area contributed by atoms with E-state index in [1.807, 2.05) is 36.4 Å². The van der Waals surface area contributed by atoms with Crippen LogP contribution >= 0.6 is 0 Å². The van der Waals surface area contributed by atoms with Gasteiger partial charge in [-0.15, -0.1) is 0 Å². The molecule has 0 aliphatic rings. The Morgan fingerprint density at radius 2 is 1.89 bits per heavy atom. The number of hydrogen-bond donors (Lipinski definition) is 2. The van der Waals surface area contributed by atoms with Gasteiger partial charge < -0.3 is 10.4 Å². The fraction of sp³-hybridized carbons (Fsp3) is 0.312. The average molecular weight is 256 g/mol. The second kappa shape index (κ2) is 6.34. The van der Waals surface area contributed by atoms with E-state index in [0.717, 1.165) is 17.7 Å². The largest absolute Gasteiger partial charge is 0.508 e. The van der Waals surface area contributed by atoms with E-state index in [2.05, 4.69) is 24.1 Å². The normalized spacial score (nSPS) is 14.0. The second-order valence-corrected chi connectivity index (χ2v) is 4.66. The first-order valence-electron chi connectivity index (χ1n) is 6.67. The topological polar surface area (TPSA) is 45.2 Å². The van der Waals surface area contributed by atoms with Crippen molar-refractivity contribution in [3.05, 3.63) is 59.9 Å². The Morgan fingerprint density at radius 1 is 1.16 bits per heavy atom. The summed E-state index contributed by atoms with van der Waals surface area (Å²) >= 11 is 0. The highest BCUT2D eigenvalue weighted by molar-refractivity contribution is 5.34. The third kappa shape index (κ3) is 3.32. The predicted octanol–water partition coefficient (Wildman–Crippen LogP) is 3.59. The lowest BCUT2D eigenvalue weighted by molar-refractivity contribution is 0.416. The number of hydrogen-bond acceptors (Lipinski definition) is 3. The van der Waals surface area contributed by atoms with Crippen molar-refractivity contribution < 1.29 is 5.11 Å². The molecule has 0 aliphatic heterocycles. The Labute approximate surface area is 114 Å². The Kier molecular flexibility index (Phi) is 4.53. The molecule has 100 valence electrons. The summed E-state index contributed by atoms with van der Waals surface area (Å²) in [5.41, 5.74) is 1.95. The Balaban J connectivity index is 2.14. The maximum absolute atomic E-state index is 9.94. The minimum atomic E-state index is 0.123. The van der Waals surface area contributed by atoms with Crippen LogP contribution in [0.1, 0.15) is 43.6 Å². The summed E-state index contributed by atoms with van der Waals surface area (Å²) in [5, 5.41) is 13.5. The first-order chi connectivity index (χ1) is 9.22. The molecule has 2 rings (SSSR count). The smallest absolute Gasteiger partial charge is 0.120 e. The van der Waals surface area contributed by atoms with Gasteiger partial charge in [0.2, 0.25) is 0 Å². The van der Waals surface area contributed by atoms with Gasteiger partial charge in [-0.3, -0.25) is 4.98 Å². The van der Waals surface area contributed by atoms with Gasteiger partial charge in [-0.2, -0.15) is 0 Å². The summed E-state index contributed by atoms with van der Waals surface area (Å²) in [7, 11) is 0. The van der Waals surface area contributed by atoms with Crippen LogP contribution in [-0.4, -0.2) is 10.1 Å². The van der Waals surface area contributed by atoms with Gasteiger partial charge in [0.25, 0.3) is 0 Å². The summed E-state index contributed by atoms with van der Waals surface area (Å²) in [6, 6.07) is 13.7. The molecule has 0 fully saturated rings. The van der Waals surface area contributed by atoms with E-state index < -0.39 is 0 Å². The van der Waals surface area contributed by atoms with E-state index in [4.69, 9.17) is 0 Å². The minimum absolute atomic E-state index is 0.123. The van der Waals surface area contributed by atoms with E-state index in [1.165, 1.54) is 0 Å². The molecule has 1 aromatic heterocycles. The number of rotatable bonds is 5. The van der Waals surface area contributed by atoms with Crippen LogP contribution in [0.15, 0.2) is 48.7 Å². The third-order valence-corrected chi connectivity index (χ3v) is 3.30. The Hall–Kier alpha value is -1.87. The van der Waals surface area contributed by atoms with Crippen molar-refractivity contribution in [3.63, 3.8) is 0 Å². The summed E-state index contributed by atoms with van der Waals surface area (Å²) in [4.78, 5) is 4.36. The molecule has 2 atom stereocenters. The van der Waals surface area contributed by atoms with Gasteiger partial charge >= 0.3 is 0 Å². The van der Waals surface area contributed by atoms with Crippen LogP contribution in [-0.2, 0) is 0 Å². The van der Waals surface area contributed by atoms with Crippen molar-refractivity contribution in [1.82, 2.24) is 10.3 Å². The van der Waals surface area contributed by atoms with Crippen molar-refractivity contribution in [2.75, 3.05) is 0 Å². The van der Waals surface area contributed by atoms with E-state index in [9.17, 15) is 5.11 Å². The monoisotopic (exact) mass is 256 g/mol. The molecule has 0 spiro atoms. The number of aromatic hydroxyl groups is 1. The fourth-order valence-electron chi connectivity index (χ4n) is 2.23. The second-order valence-electron chi connectivity index (χ2n) is 4.66. The van der Waals surface area contributed by atoms with Gasteiger partial charge in [0.05, 0.1) is 5.69 Å². The summed E-state index contributed by atoms with van der Waals surface area (Å²) in [6.07, 6.45) is 2.71. The molecule has 0 aliphatic carbocycles. The lowest BCUT2D eigenvalue weighted by Gasteiger charge is -2.23. The highest BCUT2D eigenvalue weighted by Crippen LogP contribution is 2.27. The average Bonchev–Trinajstić information content (AvgIpc) is 2.46. The zero-order valence-corrected chi connectivity index (χ0v) is 11.4. The van der Waals surface area contributed by atoms with Crippen molar-refractivity contribution in [3.8, 4) is 5.75 Å². The van der Waals surface area contributed by atoms with Crippen molar-refractivity contribution in [2.45, 2.75) is 32.4 Å². The molecule has 0 amide bonds. The maximum atomic E-state index is 9.94. The number of nitrogens with zero attached hydrogens (tertiary/aromatic N) is 1. The zero-order valence-electron chi connectivity index (χ0n) is 11.4. The Morgan fingerprint density at radius 3 is 2.53 bits per heavy atom. The highest BCUT2D eigenvalue weighted by Gasteiger charge is 2.16. The molecule has 2 N–H and O–H groups in total. The highest BCUT2D eigenvalue weighted by atomic mass is 16.3. The standard InChI is InChI=1S/C16H20N2O/c1-3-14(13-8-4-5-10-16(13)19)18-12(2)15-9-6-7-11-17-15/h4-12,14,18-19H,3H2,1-2H3/t12-,14?/m0/s1. The van der Waals surface area contributed by atoms with Crippen LogP contribution in [0.3, 0.4) is 0 Å². The summed E-state index contributed by atoms with van der Waals surface area (Å²) in [5.74, 6) is 0.343. The van der Waals surface area contributed by atoms with E-state index >= 15 is 0 Å². The number of benzene rings is 1. The van der Waals surface area contributed by atoms with Crippen LogP contribution in [0, 0.1) is 0 Å². The van der Waals surface area contributed by atoms with Gasteiger partial charge in [-0.05, 0) is 31.5 Å². The predicted molar refractivity (Wildman–Crippen MR) is 76.9 cm³/mol. The lowest BCUT2D eigenvalue weighted by Crippen LogP contribution is -2.24. The SMILES string of the molecule is CCC(N[C@@H](C)c1ccccn1)c1ccccc1O. The lowest BCUT2D eigenvalue weighted by atomic mass is 10.0. The third-order valence-electron chi connectivity index (χ3n) is 3.30. The van der Waals surface area contributed by atoms with Gasteiger partial charge in [0.1, 0.15) is 5.75 Å². The first-order valence-corrected chi connectivity index (χ1v) is 6.67. The molecule has 0 saturated heterocycles. The van der Waals surface area contributed by atoms with Gasteiger partial charge in [0.15, 0.2) is 0 Å². The van der Waals surface area contributed by atoms with Crippen LogP contribution < -0.4 is 5.32 Å². The molecule has 2 aromatic rings. The number of pyridine rings is 1.